The van der Waals surface area contributed by atoms with Crippen molar-refractivity contribution >= 4 is 18.2 Å². The van der Waals surface area contributed by atoms with Crippen molar-refractivity contribution in [2.24, 2.45) is 0 Å². The molecule has 0 saturated heterocycles. The summed E-state index contributed by atoms with van der Waals surface area (Å²) in [5.41, 5.74) is 0. The summed E-state index contributed by atoms with van der Waals surface area (Å²) in [6.07, 6.45) is -0.314. The first-order valence-electron chi connectivity index (χ1n) is 6.15. The highest BCUT2D eigenvalue weighted by atomic mass is 32.7. The minimum atomic E-state index is -3.20. The van der Waals surface area contributed by atoms with E-state index in [2.05, 4.69) is 0 Å². The van der Waals surface area contributed by atoms with Gasteiger partial charge in [-0.1, -0.05) is 0 Å². The fourth-order valence-corrected chi connectivity index (χ4v) is 5.47. The Morgan fingerprint density at radius 2 is 1.47 bits per heavy atom. The Kier molecular flexibility index (Phi) is 6.40. The van der Waals surface area contributed by atoms with Gasteiger partial charge in [0.15, 0.2) is 0 Å². The van der Waals surface area contributed by atoms with Crippen molar-refractivity contribution in [2.75, 3.05) is 7.11 Å². The largest absolute Gasteiger partial charge is 0.497 e. The molecule has 0 aliphatic carbocycles. The summed E-state index contributed by atoms with van der Waals surface area (Å²) < 4.78 is 28.7. The molecule has 0 unspecified atom stereocenters. The quantitative estimate of drug-likeness (QED) is 0.680. The number of rotatable bonds is 7. The molecule has 0 aromatic heterocycles. The third-order valence-electron chi connectivity index (χ3n) is 1.96. The Morgan fingerprint density at radius 1 is 1.00 bits per heavy atom. The molecule has 4 nitrogen and oxygen atoms in total. The second-order valence-electron chi connectivity index (χ2n) is 4.52. The number of hydrogen-bond acceptors (Lipinski definition) is 5. The number of hydrogen-bond donors (Lipinski definition) is 0. The van der Waals surface area contributed by atoms with Crippen molar-refractivity contribution in [3.8, 4) is 5.75 Å². The highest BCUT2D eigenvalue weighted by molar-refractivity contribution is 8.55. The van der Waals surface area contributed by atoms with Crippen LogP contribution in [-0.2, 0) is 13.6 Å². The lowest BCUT2D eigenvalue weighted by atomic mass is 10.3. The Bertz CT molecular complexity index is 417. The van der Waals surface area contributed by atoms with Crippen LogP contribution in [0.3, 0.4) is 0 Å². The third kappa shape index (κ3) is 6.00. The minimum absolute atomic E-state index is 0.157. The molecule has 0 spiro atoms. The lowest BCUT2D eigenvalue weighted by Crippen LogP contribution is -2.05. The maximum atomic E-state index is 12.6. The molecule has 0 radical (unpaired) electrons. The van der Waals surface area contributed by atoms with Gasteiger partial charge < -0.3 is 4.74 Å². The molecule has 0 N–H and O–H groups in total. The van der Waals surface area contributed by atoms with E-state index in [0.717, 1.165) is 22.0 Å². The van der Waals surface area contributed by atoms with Crippen molar-refractivity contribution in [1.82, 2.24) is 0 Å². The number of benzene rings is 1. The Hall–Kier alpha value is -0.480. The van der Waals surface area contributed by atoms with Gasteiger partial charge in [0.2, 0.25) is 0 Å². The van der Waals surface area contributed by atoms with Crippen LogP contribution < -0.4 is 4.74 Å². The van der Waals surface area contributed by atoms with Crippen molar-refractivity contribution in [3.05, 3.63) is 24.3 Å². The molecular weight excluding hydrogens is 283 g/mol. The first-order chi connectivity index (χ1) is 8.84. The van der Waals surface area contributed by atoms with Gasteiger partial charge in [-0.2, -0.15) is 0 Å². The van der Waals surface area contributed by atoms with Crippen molar-refractivity contribution < 1.29 is 18.3 Å². The molecule has 0 fully saturated rings. The molecule has 0 saturated carbocycles. The molecule has 1 aromatic rings. The second-order valence-corrected chi connectivity index (χ2v) is 8.38. The van der Waals surface area contributed by atoms with Crippen LogP contribution in [0.25, 0.3) is 0 Å². The van der Waals surface area contributed by atoms with E-state index >= 15 is 0 Å². The van der Waals surface area contributed by atoms with Crippen LogP contribution in [-0.4, -0.2) is 19.3 Å². The topological polar surface area (TPSA) is 44.8 Å². The molecule has 108 valence electrons. The van der Waals surface area contributed by atoms with Crippen LogP contribution in [0.5, 0.6) is 5.75 Å². The monoisotopic (exact) mass is 304 g/mol. The van der Waals surface area contributed by atoms with Crippen molar-refractivity contribution in [2.45, 2.75) is 44.8 Å². The highest BCUT2D eigenvalue weighted by Gasteiger charge is 2.29. The van der Waals surface area contributed by atoms with E-state index in [4.69, 9.17) is 13.8 Å². The number of ether oxygens (including phenoxy) is 1. The minimum Gasteiger partial charge on any atom is -0.497 e. The molecule has 1 aromatic carbocycles. The van der Waals surface area contributed by atoms with E-state index in [-0.39, 0.29) is 12.2 Å². The molecule has 0 amide bonds. The van der Waals surface area contributed by atoms with Crippen LogP contribution in [0.1, 0.15) is 27.7 Å². The van der Waals surface area contributed by atoms with Gasteiger partial charge in [0, 0.05) is 4.90 Å². The lowest BCUT2D eigenvalue weighted by molar-refractivity contribution is 0.156. The zero-order valence-corrected chi connectivity index (χ0v) is 13.7. The molecular formula is C13H21O4PS. The van der Waals surface area contributed by atoms with Crippen LogP contribution in [0, 0.1) is 0 Å². The summed E-state index contributed by atoms with van der Waals surface area (Å²) in [6, 6.07) is 7.31. The Balaban J connectivity index is 2.83. The van der Waals surface area contributed by atoms with E-state index in [9.17, 15) is 4.57 Å². The van der Waals surface area contributed by atoms with E-state index in [1.807, 2.05) is 52.0 Å². The SMILES string of the molecule is COc1ccc(SP(=O)(OC(C)C)OC(C)C)cc1. The molecule has 19 heavy (non-hydrogen) atoms. The van der Waals surface area contributed by atoms with Crippen molar-refractivity contribution in [1.29, 1.82) is 0 Å². The summed E-state index contributed by atoms with van der Waals surface area (Å²) in [5, 5.41) is 0. The summed E-state index contributed by atoms with van der Waals surface area (Å²) in [4.78, 5) is 0.824. The standard InChI is InChI=1S/C13H21O4PS/c1-10(2)16-18(14,17-11(3)4)19-13-8-6-12(15-5)7-9-13/h6-11H,1-5H3. The fraction of sp³-hybridized carbons (Fsp3) is 0.538. The Labute approximate surface area is 119 Å². The molecule has 1 rings (SSSR count). The highest BCUT2D eigenvalue weighted by Crippen LogP contribution is 2.65. The normalized spacial score (nSPS) is 12.2. The van der Waals surface area contributed by atoms with E-state index < -0.39 is 6.80 Å². The van der Waals surface area contributed by atoms with E-state index in [1.54, 1.807) is 7.11 Å². The van der Waals surface area contributed by atoms with Gasteiger partial charge in [0.05, 0.1) is 19.3 Å². The molecule has 0 aliphatic heterocycles. The average Bonchev–Trinajstić information content (AvgIpc) is 2.27. The van der Waals surface area contributed by atoms with Crippen LogP contribution >= 0.6 is 18.2 Å². The van der Waals surface area contributed by atoms with Gasteiger partial charge in [-0.15, -0.1) is 0 Å². The third-order valence-corrected chi connectivity index (χ3v) is 5.84. The zero-order valence-electron chi connectivity index (χ0n) is 12.0. The van der Waals surface area contributed by atoms with Gasteiger partial charge in [-0.3, -0.25) is 9.05 Å². The molecule has 0 aliphatic rings. The van der Waals surface area contributed by atoms with Gasteiger partial charge in [0.25, 0.3) is 0 Å². The predicted octanol–water partition coefficient (Wildman–Crippen LogP) is 4.75. The summed E-state index contributed by atoms with van der Waals surface area (Å²) >= 11 is 1.12. The van der Waals surface area contributed by atoms with E-state index in [0.29, 0.717) is 0 Å². The maximum Gasteiger partial charge on any atom is 0.394 e. The number of methoxy groups -OCH3 is 1. The molecule has 0 bridgehead atoms. The van der Waals surface area contributed by atoms with Gasteiger partial charge >= 0.3 is 6.80 Å². The van der Waals surface area contributed by atoms with Crippen LogP contribution in [0.2, 0.25) is 0 Å². The first-order valence-corrected chi connectivity index (χ1v) is 9.11. The van der Waals surface area contributed by atoms with Gasteiger partial charge in [0.1, 0.15) is 5.75 Å². The van der Waals surface area contributed by atoms with E-state index in [1.165, 1.54) is 0 Å². The average molecular weight is 304 g/mol. The van der Waals surface area contributed by atoms with Crippen LogP contribution in [0.4, 0.5) is 0 Å². The predicted molar refractivity (Wildman–Crippen MR) is 78.9 cm³/mol. The van der Waals surface area contributed by atoms with Gasteiger partial charge in [-0.05, 0) is 63.3 Å². The molecule has 0 atom stereocenters. The summed E-state index contributed by atoms with van der Waals surface area (Å²) in [6.45, 7) is 4.15. The fourth-order valence-electron chi connectivity index (χ4n) is 1.35. The summed E-state index contributed by atoms with van der Waals surface area (Å²) in [7, 11) is 1.61. The lowest BCUT2D eigenvalue weighted by Gasteiger charge is -2.21. The zero-order chi connectivity index (χ0) is 14.5. The van der Waals surface area contributed by atoms with Crippen molar-refractivity contribution in [3.63, 3.8) is 0 Å². The molecule has 6 heteroatoms. The second kappa shape index (κ2) is 7.34. The Morgan fingerprint density at radius 3 is 1.84 bits per heavy atom. The molecule has 0 heterocycles. The first kappa shape index (κ1) is 16.6. The summed E-state index contributed by atoms with van der Waals surface area (Å²) in [5.74, 6) is 0.758. The van der Waals surface area contributed by atoms with Gasteiger partial charge in [-0.25, -0.2) is 4.57 Å². The smallest absolute Gasteiger partial charge is 0.394 e. The van der Waals surface area contributed by atoms with Crippen LogP contribution in [0.15, 0.2) is 29.2 Å². The maximum absolute atomic E-state index is 12.6.